The van der Waals surface area contributed by atoms with Gasteiger partial charge in [-0.2, -0.15) is 0 Å². The number of thiocarbonyl (C=S) groups is 1. The minimum absolute atomic E-state index is 0.0239. The van der Waals surface area contributed by atoms with E-state index in [0.29, 0.717) is 10.1 Å². The fourth-order valence-electron chi connectivity index (χ4n) is 1.80. The van der Waals surface area contributed by atoms with Crippen LogP contribution in [0.4, 0.5) is 10.1 Å². The number of nitrogens with one attached hydrogen (secondary N) is 2. The third-order valence-electron chi connectivity index (χ3n) is 2.82. The van der Waals surface area contributed by atoms with Gasteiger partial charge in [-0.15, -0.1) is 0 Å². The zero-order valence-corrected chi connectivity index (χ0v) is 12.4. The summed E-state index contributed by atoms with van der Waals surface area (Å²) in [6, 6.07) is 13.6. The lowest BCUT2D eigenvalue weighted by Crippen LogP contribution is -2.31. The first-order valence-corrected chi connectivity index (χ1v) is 6.92. The number of anilines is 1. The van der Waals surface area contributed by atoms with E-state index in [-0.39, 0.29) is 11.9 Å². The highest BCUT2D eigenvalue weighted by atomic mass is 35.5. The molecular weight excluding hydrogens is 295 g/mol. The van der Waals surface area contributed by atoms with Gasteiger partial charge in [0.2, 0.25) is 0 Å². The Labute approximate surface area is 128 Å². The monoisotopic (exact) mass is 308 g/mol. The molecule has 1 atom stereocenters. The summed E-state index contributed by atoms with van der Waals surface area (Å²) in [5.74, 6) is -0.279. The molecule has 0 aliphatic carbocycles. The summed E-state index contributed by atoms with van der Waals surface area (Å²) in [4.78, 5) is 0. The summed E-state index contributed by atoms with van der Waals surface area (Å²) in [5, 5.41) is 7.30. The standard InChI is InChI=1S/C15H14ClFN2S/c1-10(13-4-2-3-5-14(13)16)18-15(20)19-12-8-6-11(17)7-9-12/h2-10H,1H3,(H2,18,19,20)/t10-/m0/s1. The Bertz CT molecular complexity index is 601. The lowest BCUT2D eigenvalue weighted by atomic mass is 10.1. The van der Waals surface area contributed by atoms with E-state index < -0.39 is 0 Å². The first kappa shape index (κ1) is 14.8. The van der Waals surface area contributed by atoms with Crippen molar-refractivity contribution in [2.45, 2.75) is 13.0 Å². The topological polar surface area (TPSA) is 24.1 Å². The van der Waals surface area contributed by atoms with Crippen LogP contribution < -0.4 is 10.6 Å². The normalized spacial score (nSPS) is 11.8. The fraction of sp³-hybridized carbons (Fsp3) is 0.133. The zero-order chi connectivity index (χ0) is 14.5. The SMILES string of the molecule is C[C@H](NC(=S)Nc1ccc(F)cc1)c1ccccc1Cl. The van der Waals surface area contributed by atoms with Gasteiger partial charge in [0, 0.05) is 10.7 Å². The zero-order valence-electron chi connectivity index (χ0n) is 10.9. The summed E-state index contributed by atoms with van der Waals surface area (Å²) in [6.45, 7) is 1.97. The van der Waals surface area contributed by atoms with Crippen LogP contribution in [0.1, 0.15) is 18.5 Å². The summed E-state index contributed by atoms with van der Waals surface area (Å²) in [7, 11) is 0. The van der Waals surface area contributed by atoms with Gasteiger partial charge < -0.3 is 10.6 Å². The van der Waals surface area contributed by atoms with Gasteiger partial charge in [0.05, 0.1) is 6.04 Å². The molecule has 0 fully saturated rings. The highest BCUT2D eigenvalue weighted by Crippen LogP contribution is 2.22. The van der Waals surface area contributed by atoms with Gasteiger partial charge >= 0.3 is 0 Å². The van der Waals surface area contributed by atoms with Gasteiger partial charge in [0.25, 0.3) is 0 Å². The van der Waals surface area contributed by atoms with E-state index in [0.717, 1.165) is 11.3 Å². The fourth-order valence-corrected chi connectivity index (χ4v) is 2.40. The van der Waals surface area contributed by atoms with E-state index in [1.807, 2.05) is 31.2 Å². The van der Waals surface area contributed by atoms with Crippen LogP contribution in [-0.2, 0) is 0 Å². The molecule has 2 nitrogen and oxygen atoms in total. The van der Waals surface area contributed by atoms with Crippen LogP contribution >= 0.6 is 23.8 Å². The van der Waals surface area contributed by atoms with E-state index in [9.17, 15) is 4.39 Å². The van der Waals surface area contributed by atoms with E-state index in [1.165, 1.54) is 12.1 Å². The van der Waals surface area contributed by atoms with Gasteiger partial charge in [0.1, 0.15) is 5.82 Å². The predicted octanol–water partition coefficient (Wildman–Crippen LogP) is 4.53. The molecule has 0 aromatic heterocycles. The molecule has 0 saturated carbocycles. The molecule has 0 spiro atoms. The largest absolute Gasteiger partial charge is 0.356 e. The molecule has 2 rings (SSSR count). The molecule has 5 heteroatoms. The second kappa shape index (κ2) is 6.68. The molecule has 0 radical (unpaired) electrons. The molecule has 2 N–H and O–H groups in total. The average molecular weight is 309 g/mol. The summed E-state index contributed by atoms with van der Waals surface area (Å²) in [5.41, 5.74) is 1.70. The first-order valence-electron chi connectivity index (χ1n) is 6.14. The maximum Gasteiger partial charge on any atom is 0.171 e. The van der Waals surface area contributed by atoms with Crippen molar-refractivity contribution in [3.8, 4) is 0 Å². The minimum atomic E-state index is -0.279. The van der Waals surface area contributed by atoms with Crippen LogP contribution in [-0.4, -0.2) is 5.11 Å². The van der Waals surface area contributed by atoms with Gasteiger partial charge in [-0.25, -0.2) is 4.39 Å². The predicted molar refractivity (Wildman–Crippen MR) is 85.6 cm³/mol. The van der Waals surface area contributed by atoms with Crippen molar-refractivity contribution < 1.29 is 4.39 Å². The first-order chi connectivity index (χ1) is 9.56. The molecule has 2 aromatic carbocycles. The smallest absolute Gasteiger partial charge is 0.171 e. The van der Waals surface area contributed by atoms with Crippen LogP contribution in [0.3, 0.4) is 0 Å². The molecule has 0 amide bonds. The maximum absolute atomic E-state index is 12.8. The maximum atomic E-state index is 12.8. The van der Waals surface area contributed by atoms with Gasteiger partial charge in [-0.1, -0.05) is 29.8 Å². The minimum Gasteiger partial charge on any atom is -0.356 e. The molecule has 0 aliphatic rings. The molecule has 0 heterocycles. The average Bonchev–Trinajstić information content (AvgIpc) is 2.41. The number of benzene rings is 2. The van der Waals surface area contributed by atoms with Crippen LogP contribution in [0.2, 0.25) is 5.02 Å². The number of halogens is 2. The van der Waals surface area contributed by atoms with Crippen LogP contribution in [0.15, 0.2) is 48.5 Å². The number of hydrogen-bond donors (Lipinski definition) is 2. The van der Waals surface area contributed by atoms with Crippen molar-refractivity contribution in [3.63, 3.8) is 0 Å². The van der Waals surface area contributed by atoms with Gasteiger partial charge in [-0.05, 0) is 55.0 Å². The second-order valence-electron chi connectivity index (χ2n) is 4.35. The Morgan fingerprint density at radius 1 is 1.15 bits per heavy atom. The van der Waals surface area contributed by atoms with E-state index >= 15 is 0 Å². The van der Waals surface area contributed by atoms with E-state index in [1.54, 1.807) is 12.1 Å². The number of hydrogen-bond acceptors (Lipinski definition) is 1. The Hall–Kier alpha value is -1.65. The van der Waals surface area contributed by atoms with Gasteiger partial charge in [-0.3, -0.25) is 0 Å². The van der Waals surface area contributed by atoms with Crippen LogP contribution in [0.5, 0.6) is 0 Å². The molecule has 0 bridgehead atoms. The van der Waals surface area contributed by atoms with Gasteiger partial charge in [0.15, 0.2) is 5.11 Å². The Morgan fingerprint density at radius 2 is 1.80 bits per heavy atom. The van der Waals surface area contributed by atoms with Crippen molar-refractivity contribution in [3.05, 3.63) is 64.9 Å². The molecule has 0 saturated heterocycles. The summed E-state index contributed by atoms with van der Waals surface area (Å²) in [6.07, 6.45) is 0. The van der Waals surface area contributed by atoms with Crippen molar-refractivity contribution in [2.24, 2.45) is 0 Å². The third-order valence-corrected chi connectivity index (χ3v) is 3.39. The van der Waals surface area contributed by atoms with Crippen molar-refractivity contribution >= 4 is 34.6 Å². The van der Waals surface area contributed by atoms with E-state index in [2.05, 4.69) is 10.6 Å². The lowest BCUT2D eigenvalue weighted by Gasteiger charge is -2.18. The summed E-state index contributed by atoms with van der Waals surface area (Å²) >= 11 is 11.4. The molecule has 20 heavy (non-hydrogen) atoms. The second-order valence-corrected chi connectivity index (χ2v) is 5.16. The number of rotatable bonds is 3. The highest BCUT2D eigenvalue weighted by Gasteiger charge is 2.10. The Balaban J connectivity index is 1.98. The Morgan fingerprint density at radius 3 is 2.45 bits per heavy atom. The van der Waals surface area contributed by atoms with E-state index in [4.69, 9.17) is 23.8 Å². The van der Waals surface area contributed by atoms with Crippen molar-refractivity contribution in [1.29, 1.82) is 0 Å². The van der Waals surface area contributed by atoms with Crippen LogP contribution in [0.25, 0.3) is 0 Å². The highest BCUT2D eigenvalue weighted by molar-refractivity contribution is 7.80. The summed E-state index contributed by atoms with van der Waals surface area (Å²) < 4.78 is 12.8. The third kappa shape index (κ3) is 3.92. The Kier molecular flexibility index (Phi) is 4.93. The van der Waals surface area contributed by atoms with Crippen molar-refractivity contribution in [1.82, 2.24) is 5.32 Å². The molecule has 0 unspecified atom stereocenters. The van der Waals surface area contributed by atoms with Crippen LogP contribution in [0, 0.1) is 5.82 Å². The molecule has 104 valence electrons. The molecule has 0 aliphatic heterocycles. The molecular formula is C15H14ClFN2S. The molecule has 2 aromatic rings. The van der Waals surface area contributed by atoms with Crippen molar-refractivity contribution in [2.75, 3.05) is 5.32 Å². The quantitative estimate of drug-likeness (QED) is 0.815. The lowest BCUT2D eigenvalue weighted by molar-refractivity contribution is 0.628.